The van der Waals surface area contributed by atoms with Crippen molar-refractivity contribution >= 4 is 29.2 Å². The molecule has 0 atom stereocenters. The molecule has 0 aliphatic carbocycles. The second-order valence-electron chi connectivity index (χ2n) is 4.03. The second kappa shape index (κ2) is 5.76. The molecule has 9 heteroatoms. The minimum absolute atomic E-state index is 0.315. The van der Waals surface area contributed by atoms with Crippen LogP contribution in [-0.4, -0.2) is 34.0 Å². The lowest BCUT2D eigenvalue weighted by Crippen LogP contribution is -2.19. The van der Waals surface area contributed by atoms with Crippen LogP contribution in [0.5, 0.6) is 0 Å². The van der Waals surface area contributed by atoms with Gasteiger partial charge < -0.3 is 10.2 Å². The Morgan fingerprint density at radius 2 is 1.95 bits per heavy atom. The van der Waals surface area contributed by atoms with E-state index in [2.05, 4.69) is 30.7 Å². The number of hydrazine groups is 1. The number of nitrogens with zero attached hydrogens (tertiary/aromatic N) is 5. The first-order valence-corrected chi connectivity index (χ1v) is 6.51. The van der Waals surface area contributed by atoms with Crippen LogP contribution >= 0.6 is 11.3 Å². The largest absolute Gasteiger partial charge is 0.348 e. The van der Waals surface area contributed by atoms with Gasteiger partial charge in [-0.3, -0.25) is 5.43 Å². The fourth-order valence-corrected chi connectivity index (χ4v) is 1.98. The molecule has 0 aliphatic rings. The van der Waals surface area contributed by atoms with Crippen molar-refractivity contribution in [3.63, 3.8) is 0 Å². The Bertz CT molecular complexity index is 552. The van der Waals surface area contributed by atoms with E-state index >= 15 is 0 Å². The molecule has 0 spiro atoms. The maximum Gasteiger partial charge on any atom is 0.243 e. The number of anilines is 3. The van der Waals surface area contributed by atoms with Crippen molar-refractivity contribution < 1.29 is 0 Å². The summed E-state index contributed by atoms with van der Waals surface area (Å²) in [4.78, 5) is 18.7. The molecular formula is C10H16N8S. The Kier molecular flexibility index (Phi) is 4.07. The summed E-state index contributed by atoms with van der Waals surface area (Å²) in [6.07, 6.45) is 0. The fraction of sp³-hybridized carbons (Fsp3) is 0.400. The van der Waals surface area contributed by atoms with Crippen LogP contribution in [0.3, 0.4) is 0 Å². The molecule has 8 nitrogen and oxygen atoms in total. The number of nitrogens with two attached hydrogens (primary N) is 1. The van der Waals surface area contributed by atoms with Crippen LogP contribution in [0.2, 0.25) is 0 Å². The van der Waals surface area contributed by atoms with Crippen LogP contribution in [0.25, 0.3) is 0 Å². The van der Waals surface area contributed by atoms with Gasteiger partial charge in [0.15, 0.2) is 0 Å². The molecule has 2 aromatic heterocycles. The Hall–Kier alpha value is -2.00. The van der Waals surface area contributed by atoms with E-state index in [0.29, 0.717) is 24.4 Å². The number of hydrogen-bond donors (Lipinski definition) is 3. The van der Waals surface area contributed by atoms with Crippen LogP contribution in [0.4, 0.5) is 17.8 Å². The van der Waals surface area contributed by atoms with E-state index in [1.165, 1.54) is 0 Å². The van der Waals surface area contributed by atoms with Gasteiger partial charge >= 0.3 is 0 Å². The average molecular weight is 280 g/mol. The van der Waals surface area contributed by atoms with Crippen molar-refractivity contribution in [2.75, 3.05) is 29.7 Å². The van der Waals surface area contributed by atoms with Crippen LogP contribution in [-0.2, 0) is 6.54 Å². The third-order valence-corrected chi connectivity index (χ3v) is 3.07. The molecule has 0 unspecified atom stereocenters. The Morgan fingerprint density at radius 1 is 1.21 bits per heavy atom. The highest BCUT2D eigenvalue weighted by Gasteiger charge is 2.07. The number of aromatic nitrogens is 4. The monoisotopic (exact) mass is 280 g/mol. The van der Waals surface area contributed by atoms with Crippen LogP contribution < -0.4 is 21.5 Å². The first kappa shape index (κ1) is 13.4. The van der Waals surface area contributed by atoms with Gasteiger partial charge in [0, 0.05) is 19.5 Å². The summed E-state index contributed by atoms with van der Waals surface area (Å²) >= 11 is 1.61. The van der Waals surface area contributed by atoms with Gasteiger partial charge in [-0.2, -0.15) is 15.0 Å². The lowest BCUT2D eigenvalue weighted by Gasteiger charge is -2.12. The van der Waals surface area contributed by atoms with Crippen LogP contribution in [0.15, 0.2) is 5.38 Å². The SMILES string of the molecule is Cc1nc(CNc2nc(NN)nc(N(C)C)n2)cs1. The third kappa shape index (κ3) is 3.48. The number of thiazole rings is 1. The zero-order valence-electron chi connectivity index (χ0n) is 11.0. The Morgan fingerprint density at radius 3 is 2.53 bits per heavy atom. The number of hydrogen-bond acceptors (Lipinski definition) is 9. The highest BCUT2D eigenvalue weighted by molar-refractivity contribution is 7.09. The predicted octanol–water partition coefficient (Wildman–Crippen LogP) is 0.600. The zero-order valence-corrected chi connectivity index (χ0v) is 11.8. The minimum atomic E-state index is 0.315. The van der Waals surface area contributed by atoms with Crippen molar-refractivity contribution in [1.82, 2.24) is 19.9 Å². The fourth-order valence-electron chi connectivity index (χ4n) is 1.37. The van der Waals surface area contributed by atoms with E-state index in [1.807, 2.05) is 26.4 Å². The molecule has 0 amide bonds. The Labute approximate surface area is 115 Å². The quantitative estimate of drug-likeness (QED) is 0.540. The second-order valence-corrected chi connectivity index (χ2v) is 5.10. The molecule has 0 aromatic carbocycles. The number of nitrogen functional groups attached to an aromatic ring is 1. The molecule has 102 valence electrons. The van der Waals surface area contributed by atoms with Crippen molar-refractivity contribution in [1.29, 1.82) is 0 Å². The summed E-state index contributed by atoms with van der Waals surface area (Å²) in [5, 5.41) is 6.14. The summed E-state index contributed by atoms with van der Waals surface area (Å²) in [7, 11) is 3.70. The van der Waals surface area contributed by atoms with E-state index in [1.54, 1.807) is 16.2 Å². The van der Waals surface area contributed by atoms with Gasteiger partial charge in [0.2, 0.25) is 17.8 Å². The molecule has 2 rings (SSSR count). The summed E-state index contributed by atoms with van der Waals surface area (Å²) in [5.74, 6) is 6.64. The lowest BCUT2D eigenvalue weighted by molar-refractivity contribution is 0.932. The van der Waals surface area contributed by atoms with Gasteiger partial charge in [0.1, 0.15) is 0 Å². The smallest absolute Gasteiger partial charge is 0.243 e. The first-order chi connectivity index (χ1) is 9.08. The maximum atomic E-state index is 5.34. The summed E-state index contributed by atoms with van der Waals surface area (Å²) in [6.45, 7) is 2.53. The molecule has 0 bridgehead atoms. The topological polar surface area (TPSA) is 105 Å². The van der Waals surface area contributed by atoms with E-state index in [-0.39, 0.29) is 0 Å². The molecule has 2 heterocycles. The van der Waals surface area contributed by atoms with Gasteiger partial charge in [0.05, 0.1) is 17.2 Å². The van der Waals surface area contributed by atoms with E-state index in [4.69, 9.17) is 5.84 Å². The van der Waals surface area contributed by atoms with Crippen molar-refractivity contribution in [2.45, 2.75) is 13.5 Å². The zero-order chi connectivity index (χ0) is 13.8. The molecule has 0 fully saturated rings. The highest BCUT2D eigenvalue weighted by atomic mass is 32.1. The van der Waals surface area contributed by atoms with Gasteiger partial charge in [0.25, 0.3) is 0 Å². The molecular weight excluding hydrogens is 264 g/mol. The van der Waals surface area contributed by atoms with Gasteiger partial charge in [-0.05, 0) is 6.92 Å². The molecule has 4 N–H and O–H groups in total. The van der Waals surface area contributed by atoms with Crippen LogP contribution in [0.1, 0.15) is 10.7 Å². The molecule has 2 aromatic rings. The average Bonchev–Trinajstić information content (AvgIpc) is 2.81. The standard InChI is InChI=1S/C10H16N8S/c1-6-13-7(5-19-6)4-12-8-14-9(17-11)16-10(15-8)18(2)3/h5H,4,11H2,1-3H3,(H2,12,14,15,16,17). The number of aryl methyl sites for hydroxylation is 1. The summed E-state index contributed by atoms with van der Waals surface area (Å²) in [6, 6.07) is 0. The normalized spacial score (nSPS) is 10.3. The lowest BCUT2D eigenvalue weighted by atomic mass is 10.5. The predicted molar refractivity (Wildman–Crippen MR) is 76.1 cm³/mol. The molecule has 0 radical (unpaired) electrons. The van der Waals surface area contributed by atoms with Gasteiger partial charge in [-0.1, -0.05) is 0 Å². The minimum Gasteiger partial charge on any atom is -0.348 e. The van der Waals surface area contributed by atoms with Crippen molar-refractivity contribution in [3.8, 4) is 0 Å². The molecule has 19 heavy (non-hydrogen) atoms. The summed E-state index contributed by atoms with van der Waals surface area (Å²) < 4.78 is 0. The third-order valence-electron chi connectivity index (χ3n) is 2.25. The van der Waals surface area contributed by atoms with Gasteiger partial charge in [-0.25, -0.2) is 10.8 Å². The van der Waals surface area contributed by atoms with Crippen LogP contribution in [0, 0.1) is 6.92 Å². The van der Waals surface area contributed by atoms with Gasteiger partial charge in [-0.15, -0.1) is 11.3 Å². The van der Waals surface area contributed by atoms with E-state index in [0.717, 1.165) is 10.7 Å². The Balaban J connectivity index is 2.12. The number of nitrogens with one attached hydrogen (secondary N) is 2. The van der Waals surface area contributed by atoms with Crippen molar-refractivity contribution in [3.05, 3.63) is 16.1 Å². The maximum absolute atomic E-state index is 5.34. The molecule has 0 saturated heterocycles. The highest BCUT2D eigenvalue weighted by Crippen LogP contribution is 2.13. The van der Waals surface area contributed by atoms with E-state index in [9.17, 15) is 0 Å². The van der Waals surface area contributed by atoms with E-state index < -0.39 is 0 Å². The first-order valence-electron chi connectivity index (χ1n) is 5.63. The number of rotatable bonds is 5. The molecule has 0 aliphatic heterocycles. The molecule has 0 saturated carbocycles. The summed E-state index contributed by atoms with van der Waals surface area (Å²) in [5.41, 5.74) is 3.38. The van der Waals surface area contributed by atoms with Crippen molar-refractivity contribution in [2.24, 2.45) is 5.84 Å².